The van der Waals surface area contributed by atoms with Gasteiger partial charge >= 0.3 is 0 Å². The third-order valence-electron chi connectivity index (χ3n) is 6.18. The van der Waals surface area contributed by atoms with Crippen LogP contribution in [-0.4, -0.2) is 53.3 Å². The van der Waals surface area contributed by atoms with Crippen molar-refractivity contribution in [2.75, 3.05) is 31.6 Å². The molecule has 1 aromatic carbocycles. The van der Waals surface area contributed by atoms with Crippen LogP contribution in [0.3, 0.4) is 0 Å². The van der Waals surface area contributed by atoms with Crippen molar-refractivity contribution in [3.8, 4) is 0 Å². The van der Waals surface area contributed by atoms with Crippen LogP contribution < -0.4 is 15.5 Å². The quantitative estimate of drug-likeness (QED) is 0.477. The number of fused-ring (bicyclic) bond motifs is 1. The molecule has 0 bridgehead atoms. The van der Waals surface area contributed by atoms with E-state index in [-0.39, 0.29) is 5.41 Å². The first kappa shape index (κ1) is 22.1. The van der Waals surface area contributed by atoms with Gasteiger partial charge in [-0.15, -0.1) is 10.2 Å². The van der Waals surface area contributed by atoms with Gasteiger partial charge in [-0.2, -0.15) is 0 Å². The summed E-state index contributed by atoms with van der Waals surface area (Å²) in [5.41, 5.74) is 3.77. The summed E-state index contributed by atoms with van der Waals surface area (Å²) in [4.78, 5) is 6.89. The first-order valence-corrected chi connectivity index (χ1v) is 11.6. The van der Waals surface area contributed by atoms with Crippen molar-refractivity contribution in [2.45, 2.75) is 51.5 Å². The van der Waals surface area contributed by atoms with Crippen molar-refractivity contribution < 1.29 is 0 Å². The molecule has 0 unspecified atom stereocenters. The third-order valence-corrected chi connectivity index (χ3v) is 6.18. The SMILES string of the molecule is CN=C(NCCc1nnc2ccccn12)NC1CCN(c2ccc(C(C)(C)C)cc2)CC1. The molecule has 0 atom stereocenters. The van der Waals surface area contributed by atoms with E-state index < -0.39 is 0 Å². The number of nitrogens with one attached hydrogen (secondary N) is 2. The highest BCUT2D eigenvalue weighted by atomic mass is 15.3. The topological polar surface area (TPSA) is 69.8 Å². The van der Waals surface area contributed by atoms with Crippen molar-refractivity contribution in [2.24, 2.45) is 4.99 Å². The molecular formula is C25H35N7. The second-order valence-corrected chi connectivity index (χ2v) is 9.50. The third kappa shape index (κ3) is 5.21. The summed E-state index contributed by atoms with van der Waals surface area (Å²) in [6.07, 6.45) is 4.98. The maximum atomic E-state index is 4.41. The first-order valence-electron chi connectivity index (χ1n) is 11.6. The Kier molecular flexibility index (Phi) is 6.63. The van der Waals surface area contributed by atoms with Gasteiger partial charge in [-0.3, -0.25) is 9.39 Å². The number of guanidine groups is 1. The Balaban J connectivity index is 1.24. The van der Waals surface area contributed by atoms with E-state index in [4.69, 9.17) is 0 Å². The van der Waals surface area contributed by atoms with Crippen molar-refractivity contribution in [3.63, 3.8) is 0 Å². The van der Waals surface area contributed by atoms with Crippen LogP contribution in [0.15, 0.2) is 53.7 Å². The summed E-state index contributed by atoms with van der Waals surface area (Å²) >= 11 is 0. The standard InChI is InChI=1S/C25H35N7/c1-25(2,3)19-8-10-21(11-9-19)31-17-13-20(14-18-31)28-24(26-4)27-15-12-23-30-29-22-7-5-6-16-32(22)23/h5-11,16,20H,12-15,17-18H2,1-4H3,(H2,26,27,28). The highest BCUT2D eigenvalue weighted by Gasteiger charge is 2.21. The highest BCUT2D eigenvalue weighted by molar-refractivity contribution is 5.80. The van der Waals surface area contributed by atoms with Crippen molar-refractivity contribution in [1.29, 1.82) is 0 Å². The van der Waals surface area contributed by atoms with E-state index in [0.717, 1.165) is 56.3 Å². The lowest BCUT2D eigenvalue weighted by atomic mass is 9.87. The predicted octanol–water partition coefficient (Wildman–Crippen LogP) is 3.40. The van der Waals surface area contributed by atoms with Gasteiger partial charge in [-0.1, -0.05) is 39.0 Å². The van der Waals surface area contributed by atoms with Crippen molar-refractivity contribution >= 4 is 17.3 Å². The normalized spacial score (nSPS) is 15.9. The molecule has 1 saturated heterocycles. The van der Waals surface area contributed by atoms with E-state index >= 15 is 0 Å². The maximum Gasteiger partial charge on any atom is 0.191 e. The van der Waals surface area contributed by atoms with Gasteiger partial charge in [-0.25, -0.2) is 0 Å². The lowest BCUT2D eigenvalue weighted by Gasteiger charge is -2.35. The van der Waals surface area contributed by atoms with Gasteiger partial charge in [0.05, 0.1) is 0 Å². The summed E-state index contributed by atoms with van der Waals surface area (Å²) in [6, 6.07) is 15.4. The lowest BCUT2D eigenvalue weighted by Crippen LogP contribution is -2.49. The monoisotopic (exact) mass is 433 g/mol. The number of aromatic nitrogens is 3. The molecule has 1 aliphatic heterocycles. The van der Waals surface area contributed by atoms with E-state index in [1.807, 2.05) is 35.8 Å². The van der Waals surface area contributed by atoms with Crippen LogP contribution in [-0.2, 0) is 11.8 Å². The van der Waals surface area contributed by atoms with Gasteiger partial charge in [0.25, 0.3) is 0 Å². The fourth-order valence-corrected chi connectivity index (χ4v) is 4.20. The molecule has 0 radical (unpaired) electrons. The van der Waals surface area contributed by atoms with Crippen molar-refractivity contribution in [1.82, 2.24) is 25.2 Å². The molecule has 170 valence electrons. The Morgan fingerprint density at radius 1 is 1.06 bits per heavy atom. The van der Waals surface area contributed by atoms with E-state index in [2.05, 4.69) is 75.8 Å². The Hall–Kier alpha value is -3.09. The largest absolute Gasteiger partial charge is 0.371 e. The highest BCUT2D eigenvalue weighted by Crippen LogP contribution is 2.26. The fraction of sp³-hybridized carbons (Fsp3) is 0.480. The Morgan fingerprint density at radius 3 is 2.50 bits per heavy atom. The summed E-state index contributed by atoms with van der Waals surface area (Å²) in [5.74, 6) is 1.81. The Bertz CT molecular complexity index is 1040. The zero-order valence-corrected chi connectivity index (χ0v) is 19.7. The van der Waals surface area contributed by atoms with Crippen LogP contribution >= 0.6 is 0 Å². The Labute approximate surface area is 191 Å². The van der Waals surface area contributed by atoms with Crippen molar-refractivity contribution in [3.05, 3.63) is 60.0 Å². The molecule has 1 aliphatic rings. The molecule has 4 rings (SSSR count). The molecule has 2 N–H and O–H groups in total. The molecule has 0 spiro atoms. The minimum Gasteiger partial charge on any atom is -0.371 e. The molecule has 0 amide bonds. The predicted molar refractivity (Wildman–Crippen MR) is 132 cm³/mol. The molecule has 0 aliphatic carbocycles. The lowest BCUT2D eigenvalue weighted by molar-refractivity contribution is 0.461. The fourth-order valence-electron chi connectivity index (χ4n) is 4.20. The van der Waals surface area contributed by atoms with E-state index in [1.165, 1.54) is 11.3 Å². The summed E-state index contributed by atoms with van der Waals surface area (Å²) in [6.45, 7) is 9.63. The maximum absolute atomic E-state index is 4.41. The van der Waals surface area contributed by atoms with Gasteiger partial charge in [0, 0.05) is 51.0 Å². The van der Waals surface area contributed by atoms with Crippen LogP contribution in [0.2, 0.25) is 0 Å². The smallest absolute Gasteiger partial charge is 0.191 e. The molecule has 0 saturated carbocycles. The summed E-state index contributed by atoms with van der Waals surface area (Å²) in [5, 5.41) is 15.5. The van der Waals surface area contributed by atoms with Crippen LogP contribution in [0.5, 0.6) is 0 Å². The number of rotatable bonds is 5. The molecular weight excluding hydrogens is 398 g/mol. The van der Waals surface area contributed by atoms with Crippen LogP contribution in [0.4, 0.5) is 5.69 Å². The Morgan fingerprint density at radius 2 is 1.81 bits per heavy atom. The van der Waals surface area contributed by atoms with Gasteiger partial charge in [-0.05, 0) is 48.1 Å². The number of piperidine rings is 1. The first-order chi connectivity index (χ1) is 15.4. The molecule has 3 aromatic rings. The summed E-state index contributed by atoms with van der Waals surface area (Å²) in [7, 11) is 1.83. The second-order valence-electron chi connectivity index (χ2n) is 9.50. The molecule has 2 aromatic heterocycles. The number of pyridine rings is 1. The molecule has 7 heteroatoms. The van der Waals surface area contributed by atoms with Gasteiger partial charge in [0.15, 0.2) is 11.6 Å². The molecule has 32 heavy (non-hydrogen) atoms. The number of nitrogens with zero attached hydrogens (tertiary/aromatic N) is 5. The van der Waals surface area contributed by atoms with E-state index in [0.29, 0.717) is 6.04 Å². The zero-order chi connectivity index (χ0) is 22.6. The number of hydrogen-bond acceptors (Lipinski definition) is 4. The number of anilines is 1. The number of benzene rings is 1. The minimum absolute atomic E-state index is 0.194. The minimum atomic E-state index is 0.194. The van der Waals surface area contributed by atoms with Gasteiger partial charge in [0.1, 0.15) is 5.82 Å². The van der Waals surface area contributed by atoms with E-state index in [9.17, 15) is 0 Å². The van der Waals surface area contributed by atoms with Crippen LogP contribution in [0.1, 0.15) is 45.0 Å². The number of hydrogen-bond donors (Lipinski definition) is 2. The molecule has 7 nitrogen and oxygen atoms in total. The molecule has 1 fully saturated rings. The van der Waals surface area contributed by atoms with E-state index in [1.54, 1.807) is 0 Å². The van der Waals surface area contributed by atoms with Gasteiger partial charge < -0.3 is 15.5 Å². The van der Waals surface area contributed by atoms with Gasteiger partial charge in [0.2, 0.25) is 0 Å². The zero-order valence-electron chi connectivity index (χ0n) is 19.7. The molecule has 3 heterocycles. The number of aliphatic imine (C=N–C) groups is 1. The average molecular weight is 434 g/mol. The summed E-state index contributed by atoms with van der Waals surface area (Å²) < 4.78 is 2.03. The second kappa shape index (κ2) is 9.59. The van der Waals surface area contributed by atoms with Crippen LogP contribution in [0.25, 0.3) is 5.65 Å². The average Bonchev–Trinajstić information content (AvgIpc) is 3.21. The van der Waals surface area contributed by atoms with Crippen LogP contribution in [0, 0.1) is 0 Å².